The highest BCUT2D eigenvalue weighted by Gasteiger charge is 1.96. The lowest BCUT2D eigenvalue weighted by Crippen LogP contribution is -2.20. The maximum Gasteiger partial charge on any atom is 0.296 e. The first-order valence-electron chi connectivity index (χ1n) is 5.83. The molecule has 0 aliphatic carbocycles. The SMILES string of the molecule is O=C(C#Cc1ccc(Cl)cc1)NCc1ccccc1. The molecular weight excluding hydrogens is 258 g/mol. The highest BCUT2D eigenvalue weighted by Crippen LogP contribution is 2.08. The molecule has 0 bridgehead atoms. The van der Waals surface area contributed by atoms with E-state index in [9.17, 15) is 4.79 Å². The van der Waals surface area contributed by atoms with Crippen LogP contribution in [0.1, 0.15) is 11.1 Å². The van der Waals surface area contributed by atoms with E-state index >= 15 is 0 Å². The van der Waals surface area contributed by atoms with Gasteiger partial charge in [0.2, 0.25) is 0 Å². The number of hydrogen-bond acceptors (Lipinski definition) is 1. The van der Waals surface area contributed by atoms with Crippen molar-refractivity contribution in [3.05, 3.63) is 70.7 Å². The Hall–Kier alpha value is -2.24. The summed E-state index contributed by atoms with van der Waals surface area (Å²) >= 11 is 5.76. The van der Waals surface area contributed by atoms with E-state index < -0.39 is 0 Å². The van der Waals surface area contributed by atoms with Crippen LogP contribution in [-0.4, -0.2) is 5.91 Å². The molecule has 3 heteroatoms. The van der Waals surface area contributed by atoms with Crippen LogP contribution in [0.5, 0.6) is 0 Å². The Morgan fingerprint density at radius 1 is 1.05 bits per heavy atom. The number of halogens is 1. The van der Waals surface area contributed by atoms with Crippen LogP contribution in [0.25, 0.3) is 0 Å². The Labute approximate surface area is 117 Å². The standard InChI is InChI=1S/C16H12ClNO/c17-15-9-6-13(7-10-15)8-11-16(19)18-12-14-4-2-1-3-5-14/h1-7,9-10H,12H2,(H,18,19). The summed E-state index contributed by atoms with van der Waals surface area (Å²) in [6.45, 7) is 0.481. The van der Waals surface area contributed by atoms with Crippen LogP contribution in [0.3, 0.4) is 0 Å². The van der Waals surface area contributed by atoms with Crippen LogP contribution in [0.2, 0.25) is 5.02 Å². The minimum absolute atomic E-state index is 0.293. The van der Waals surface area contributed by atoms with Gasteiger partial charge in [0.05, 0.1) is 0 Å². The second kappa shape index (κ2) is 6.63. The van der Waals surface area contributed by atoms with E-state index in [0.29, 0.717) is 11.6 Å². The molecule has 94 valence electrons. The second-order valence-corrected chi connectivity index (χ2v) is 4.36. The van der Waals surface area contributed by atoms with Crippen molar-refractivity contribution in [1.29, 1.82) is 0 Å². The zero-order valence-electron chi connectivity index (χ0n) is 10.2. The Morgan fingerprint density at radius 3 is 2.42 bits per heavy atom. The minimum Gasteiger partial charge on any atom is -0.341 e. The lowest BCUT2D eigenvalue weighted by Gasteiger charge is -2.00. The first kappa shape index (κ1) is 13.2. The molecule has 2 aromatic rings. The number of amides is 1. The molecule has 0 aliphatic rings. The van der Waals surface area contributed by atoms with Crippen molar-refractivity contribution in [3.63, 3.8) is 0 Å². The number of carbonyl (C=O) groups is 1. The Bertz CT molecular complexity index is 609. The Morgan fingerprint density at radius 2 is 1.74 bits per heavy atom. The quantitative estimate of drug-likeness (QED) is 0.835. The molecule has 0 saturated carbocycles. The second-order valence-electron chi connectivity index (χ2n) is 3.93. The highest BCUT2D eigenvalue weighted by molar-refractivity contribution is 6.30. The smallest absolute Gasteiger partial charge is 0.296 e. The fourth-order valence-corrected chi connectivity index (χ4v) is 1.61. The van der Waals surface area contributed by atoms with E-state index in [0.717, 1.165) is 11.1 Å². The molecule has 19 heavy (non-hydrogen) atoms. The van der Waals surface area contributed by atoms with Gasteiger partial charge in [-0.1, -0.05) is 47.9 Å². The molecular formula is C16H12ClNO. The summed E-state index contributed by atoms with van der Waals surface area (Å²) in [6.07, 6.45) is 0. The fourth-order valence-electron chi connectivity index (χ4n) is 1.48. The molecule has 0 atom stereocenters. The molecule has 0 unspecified atom stereocenters. The summed E-state index contributed by atoms with van der Waals surface area (Å²) < 4.78 is 0. The van der Waals surface area contributed by atoms with Gasteiger partial charge < -0.3 is 5.32 Å². The Kier molecular flexibility index (Phi) is 4.60. The van der Waals surface area contributed by atoms with Gasteiger partial charge >= 0.3 is 0 Å². The van der Waals surface area contributed by atoms with Crippen LogP contribution in [0.4, 0.5) is 0 Å². The van der Waals surface area contributed by atoms with Crippen LogP contribution in [0, 0.1) is 11.8 Å². The summed E-state index contributed by atoms with van der Waals surface area (Å²) in [7, 11) is 0. The van der Waals surface area contributed by atoms with Gasteiger partial charge in [-0.05, 0) is 29.8 Å². The molecule has 1 N–H and O–H groups in total. The van der Waals surface area contributed by atoms with E-state index in [-0.39, 0.29) is 5.91 Å². The third-order valence-electron chi connectivity index (χ3n) is 2.46. The first-order chi connectivity index (χ1) is 9.24. The van der Waals surface area contributed by atoms with E-state index in [4.69, 9.17) is 11.6 Å². The number of nitrogens with one attached hydrogen (secondary N) is 1. The zero-order valence-corrected chi connectivity index (χ0v) is 10.9. The van der Waals surface area contributed by atoms with Crippen molar-refractivity contribution < 1.29 is 4.79 Å². The van der Waals surface area contributed by atoms with Gasteiger partial charge in [-0.25, -0.2) is 0 Å². The Balaban J connectivity index is 1.90. The van der Waals surface area contributed by atoms with Gasteiger partial charge in [-0.2, -0.15) is 0 Å². The molecule has 0 aliphatic heterocycles. The van der Waals surface area contributed by atoms with Crippen molar-refractivity contribution in [2.45, 2.75) is 6.54 Å². The molecule has 0 saturated heterocycles. The van der Waals surface area contributed by atoms with Crippen molar-refractivity contribution in [1.82, 2.24) is 5.32 Å². The number of rotatable bonds is 2. The lowest BCUT2D eigenvalue weighted by molar-refractivity contribution is -0.115. The molecule has 2 rings (SSSR count). The summed E-state index contributed by atoms with van der Waals surface area (Å²) in [5, 5.41) is 3.39. The van der Waals surface area contributed by atoms with E-state index in [1.807, 2.05) is 30.3 Å². The minimum atomic E-state index is -0.293. The third kappa shape index (κ3) is 4.50. The van der Waals surface area contributed by atoms with Gasteiger partial charge in [-0.3, -0.25) is 4.79 Å². The maximum atomic E-state index is 11.5. The monoisotopic (exact) mass is 269 g/mol. The van der Waals surface area contributed by atoms with Crippen LogP contribution < -0.4 is 5.32 Å². The lowest BCUT2D eigenvalue weighted by atomic mass is 10.2. The van der Waals surface area contributed by atoms with Crippen LogP contribution in [-0.2, 0) is 11.3 Å². The van der Waals surface area contributed by atoms with Crippen molar-refractivity contribution >= 4 is 17.5 Å². The summed E-state index contributed by atoms with van der Waals surface area (Å²) in [5.74, 6) is 5.04. The molecule has 0 radical (unpaired) electrons. The average Bonchev–Trinajstić information content (AvgIpc) is 2.45. The predicted octanol–water partition coefficient (Wildman–Crippen LogP) is 3.01. The zero-order chi connectivity index (χ0) is 13.5. The van der Waals surface area contributed by atoms with Crippen molar-refractivity contribution in [2.75, 3.05) is 0 Å². The maximum absolute atomic E-state index is 11.5. The highest BCUT2D eigenvalue weighted by atomic mass is 35.5. The van der Waals surface area contributed by atoms with E-state index in [1.165, 1.54) is 0 Å². The largest absolute Gasteiger partial charge is 0.341 e. The number of carbonyl (C=O) groups excluding carboxylic acids is 1. The van der Waals surface area contributed by atoms with Gasteiger partial charge in [0, 0.05) is 23.1 Å². The number of benzene rings is 2. The predicted molar refractivity (Wildman–Crippen MR) is 76.6 cm³/mol. The molecule has 2 aromatic carbocycles. The van der Waals surface area contributed by atoms with E-state index in [1.54, 1.807) is 24.3 Å². The van der Waals surface area contributed by atoms with Crippen LogP contribution >= 0.6 is 11.6 Å². The topological polar surface area (TPSA) is 29.1 Å². The molecule has 0 aromatic heterocycles. The fraction of sp³-hybridized carbons (Fsp3) is 0.0625. The third-order valence-corrected chi connectivity index (χ3v) is 2.71. The van der Waals surface area contributed by atoms with Gasteiger partial charge in [0.1, 0.15) is 0 Å². The first-order valence-corrected chi connectivity index (χ1v) is 6.21. The van der Waals surface area contributed by atoms with Gasteiger partial charge in [0.15, 0.2) is 0 Å². The van der Waals surface area contributed by atoms with Crippen molar-refractivity contribution in [2.24, 2.45) is 0 Å². The van der Waals surface area contributed by atoms with Crippen molar-refractivity contribution in [3.8, 4) is 11.8 Å². The molecule has 0 fully saturated rings. The average molecular weight is 270 g/mol. The van der Waals surface area contributed by atoms with E-state index in [2.05, 4.69) is 17.2 Å². The van der Waals surface area contributed by atoms with Gasteiger partial charge in [-0.15, -0.1) is 0 Å². The normalized spacial score (nSPS) is 9.32. The molecule has 1 amide bonds. The summed E-state index contributed by atoms with van der Waals surface area (Å²) in [4.78, 5) is 11.5. The molecule has 0 heterocycles. The summed E-state index contributed by atoms with van der Waals surface area (Å²) in [5.41, 5.74) is 1.81. The van der Waals surface area contributed by atoms with Gasteiger partial charge in [0.25, 0.3) is 5.91 Å². The number of hydrogen-bond donors (Lipinski definition) is 1. The summed E-state index contributed by atoms with van der Waals surface area (Å²) in [6, 6.07) is 16.7. The van der Waals surface area contributed by atoms with Crippen LogP contribution in [0.15, 0.2) is 54.6 Å². The molecule has 2 nitrogen and oxygen atoms in total. The molecule has 0 spiro atoms.